The highest BCUT2D eigenvalue weighted by Gasteiger charge is 2.31. The molecule has 12 heteroatoms. The Hall–Kier alpha value is -4.44. The summed E-state index contributed by atoms with van der Waals surface area (Å²) in [6.45, 7) is 1.22. The molecule has 0 saturated carbocycles. The van der Waals surface area contributed by atoms with Crippen molar-refractivity contribution in [3.8, 4) is 11.1 Å². The first-order chi connectivity index (χ1) is 16.2. The molecule has 1 aromatic carbocycles. The quantitative estimate of drug-likeness (QED) is 0.331. The standard InChI is InChI=1S/C22H16F3N7O2/c1-12-9-17-20(21(28-12)30-31-26)15-3-2-8-27-16(15)10-19(34)32(17)11-18(33)29-14-6-4-13(5-7-14)22(23,24)25/h2-9H,10-11H2,1H3,(H,29,33). The number of nitrogens with one attached hydrogen (secondary N) is 1. The summed E-state index contributed by atoms with van der Waals surface area (Å²) >= 11 is 0. The number of aryl methyl sites for hydroxylation is 1. The van der Waals surface area contributed by atoms with Gasteiger partial charge in [-0.05, 0) is 54.0 Å². The highest BCUT2D eigenvalue weighted by Crippen LogP contribution is 2.42. The SMILES string of the molecule is Cc1cc2c(c(N=[N+]=[N-])n1)-c1cccnc1CC(=O)N2CC(=O)Nc1ccc(C(F)(F)F)cc1. The molecule has 0 atom stereocenters. The number of alkyl halides is 3. The average molecular weight is 467 g/mol. The molecule has 2 aromatic heterocycles. The van der Waals surface area contributed by atoms with Crippen molar-refractivity contribution in [2.75, 3.05) is 16.8 Å². The molecule has 1 N–H and O–H groups in total. The molecule has 3 heterocycles. The fourth-order valence-electron chi connectivity index (χ4n) is 3.67. The van der Waals surface area contributed by atoms with Crippen LogP contribution in [0.4, 0.5) is 30.4 Å². The Labute approximate surface area is 190 Å². The largest absolute Gasteiger partial charge is 0.416 e. The minimum atomic E-state index is -4.50. The smallest absolute Gasteiger partial charge is 0.325 e. The van der Waals surface area contributed by atoms with Crippen molar-refractivity contribution >= 4 is 29.0 Å². The van der Waals surface area contributed by atoms with E-state index in [1.165, 1.54) is 11.1 Å². The van der Waals surface area contributed by atoms with Gasteiger partial charge in [0.15, 0.2) is 0 Å². The lowest BCUT2D eigenvalue weighted by atomic mass is 10.0. The third-order valence-corrected chi connectivity index (χ3v) is 5.11. The van der Waals surface area contributed by atoms with E-state index in [0.717, 1.165) is 24.3 Å². The zero-order valence-corrected chi connectivity index (χ0v) is 17.7. The molecule has 0 spiro atoms. The van der Waals surface area contributed by atoms with E-state index in [4.69, 9.17) is 5.53 Å². The summed E-state index contributed by atoms with van der Waals surface area (Å²) in [7, 11) is 0. The summed E-state index contributed by atoms with van der Waals surface area (Å²) < 4.78 is 38.3. The zero-order valence-electron chi connectivity index (χ0n) is 17.7. The fraction of sp³-hybridized carbons (Fsp3) is 0.182. The van der Waals surface area contributed by atoms with Crippen LogP contribution in [-0.4, -0.2) is 28.3 Å². The second-order valence-corrected chi connectivity index (χ2v) is 7.45. The molecule has 34 heavy (non-hydrogen) atoms. The highest BCUT2D eigenvalue weighted by atomic mass is 19.4. The Morgan fingerprint density at radius 1 is 1.26 bits per heavy atom. The minimum absolute atomic E-state index is 0.0367. The zero-order chi connectivity index (χ0) is 24.5. The van der Waals surface area contributed by atoms with Crippen molar-refractivity contribution in [1.29, 1.82) is 0 Å². The van der Waals surface area contributed by atoms with Crippen LogP contribution in [-0.2, 0) is 22.2 Å². The number of rotatable bonds is 4. The second-order valence-electron chi connectivity index (χ2n) is 7.45. The summed E-state index contributed by atoms with van der Waals surface area (Å²) in [6.07, 6.45) is -3.09. The van der Waals surface area contributed by atoms with Gasteiger partial charge in [-0.25, -0.2) is 0 Å². The number of amides is 2. The van der Waals surface area contributed by atoms with Crippen LogP contribution in [0.5, 0.6) is 0 Å². The van der Waals surface area contributed by atoms with Gasteiger partial charge in [-0.3, -0.25) is 19.6 Å². The third-order valence-electron chi connectivity index (χ3n) is 5.11. The van der Waals surface area contributed by atoms with Gasteiger partial charge in [0.2, 0.25) is 11.8 Å². The normalized spacial score (nSPS) is 12.8. The lowest BCUT2D eigenvalue weighted by Crippen LogP contribution is -2.38. The van der Waals surface area contributed by atoms with Gasteiger partial charge >= 0.3 is 6.18 Å². The van der Waals surface area contributed by atoms with Gasteiger partial charge in [0.05, 0.1) is 23.4 Å². The molecule has 3 aromatic rings. The van der Waals surface area contributed by atoms with E-state index >= 15 is 0 Å². The molecular formula is C22H16F3N7O2. The molecule has 4 rings (SSSR count). The Morgan fingerprint density at radius 2 is 2.00 bits per heavy atom. The molecule has 172 valence electrons. The Morgan fingerprint density at radius 3 is 2.68 bits per heavy atom. The van der Waals surface area contributed by atoms with Gasteiger partial charge in [-0.15, -0.1) is 0 Å². The van der Waals surface area contributed by atoms with Gasteiger partial charge in [0.25, 0.3) is 0 Å². The van der Waals surface area contributed by atoms with Crippen LogP contribution in [0.25, 0.3) is 21.6 Å². The first-order valence-electron chi connectivity index (χ1n) is 9.96. The monoisotopic (exact) mass is 467 g/mol. The summed E-state index contributed by atoms with van der Waals surface area (Å²) in [5.74, 6) is -1.02. The third kappa shape index (κ3) is 4.52. The number of aromatic nitrogens is 2. The van der Waals surface area contributed by atoms with Crippen molar-refractivity contribution in [2.45, 2.75) is 19.5 Å². The number of halogens is 3. The van der Waals surface area contributed by atoms with Crippen LogP contribution >= 0.6 is 0 Å². The topological polar surface area (TPSA) is 124 Å². The lowest BCUT2D eigenvalue weighted by molar-refractivity contribution is -0.137. The van der Waals surface area contributed by atoms with Gasteiger partial charge in [-0.2, -0.15) is 13.2 Å². The molecular weight excluding hydrogens is 451 g/mol. The highest BCUT2D eigenvalue weighted by molar-refractivity contribution is 6.08. The Balaban J connectivity index is 1.70. The first kappa shape index (κ1) is 22.7. The van der Waals surface area contributed by atoms with Crippen molar-refractivity contribution < 1.29 is 22.8 Å². The molecule has 0 unspecified atom stereocenters. The number of fused-ring (bicyclic) bond motifs is 3. The minimum Gasteiger partial charge on any atom is -0.325 e. The molecule has 0 saturated heterocycles. The predicted molar refractivity (Wildman–Crippen MR) is 117 cm³/mol. The number of anilines is 2. The number of carbonyl (C=O) groups excluding carboxylic acids is 2. The maximum absolute atomic E-state index is 13.1. The first-order valence-corrected chi connectivity index (χ1v) is 9.96. The summed E-state index contributed by atoms with van der Waals surface area (Å²) in [4.78, 5) is 38.5. The molecule has 0 aliphatic carbocycles. The number of azide groups is 1. The van der Waals surface area contributed by atoms with E-state index in [1.807, 2.05) is 0 Å². The molecule has 0 radical (unpaired) electrons. The van der Waals surface area contributed by atoms with Gasteiger partial charge in [0.1, 0.15) is 12.4 Å². The van der Waals surface area contributed by atoms with Gasteiger partial charge in [-0.1, -0.05) is 6.07 Å². The van der Waals surface area contributed by atoms with E-state index in [1.54, 1.807) is 25.1 Å². The summed E-state index contributed by atoms with van der Waals surface area (Å²) in [6, 6.07) is 8.95. The van der Waals surface area contributed by atoms with Crippen LogP contribution in [0.2, 0.25) is 0 Å². The van der Waals surface area contributed by atoms with Crippen molar-refractivity contribution in [2.24, 2.45) is 5.11 Å². The number of pyridine rings is 2. The van der Waals surface area contributed by atoms with Crippen LogP contribution < -0.4 is 10.2 Å². The Bertz CT molecular complexity index is 1330. The molecule has 1 aliphatic rings. The number of benzene rings is 1. The van der Waals surface area contributed by atoms with Crippen molar-refractivity contribution in [3.05, 3.63) is 76.1 Å². The predicted octanol–water partition coefficient (Wildman–Crippen LogP) is 4.94. The number of hydrogen-bond acceptors (Lipinski definition) is 5. The van der Waals surface area contributed by atoms with Crippen molar-refractivity contribution in [3.63, 3.8) is 0 Å². The average Bonchev–Trinajstić information content (AvgIpc) is 2.88. The molecule has 1 aliphatic heterocycles. The lowest BCUT2D eigenvalue weighted by Gasteiger charge is -2.23. The van der Waals surface area contributed by atoms with E-state index in [-0.39, 0.29) is 17.9 Å². The number of nitrogens with zero attached hydrogens (tertiary/aromatic N) is 6. The van der Waals surface area contributed by atoms with Gasteiger partial charge in [0, 0.05) is 33.6 Å². The van der Waals surface area contributed by atoms with Crippen molar-refractivity contribution in [1.82, 2.24) is 9.97 Å². The maximum Gasteiger partial charge on any atom is 0.416 e. The van der Waals surface area contributed by atoms with E-state index in [9.17, 15) is 22.8 Å². The second kappa shape index (κ2) is 8.83. The number of hydrogen-bond donors (Lipinski definition) is 1. The molecule has 0 fully saturated rings. The van der Waals surface area contributed by atoms with Crippen LogP contribution in [0.3, 0.4) is 0 Å². The van der Waals surface area contributed by atoms with E-state index < -0.39 is 30.1 Å². The van der Waals surface area contributed by atoms with Crippen LogP contribution in [0.15, 0.2) is 53.8 Å². The van der Waals surface area contributed by atoms with E-state index in [2.05, 4.69) is 25.3 Å². The van der Waals surface area contributed by atoms with Gasteiger partial charge < -0.3 is 10.2 Å². The molecule has 9 nitrogen and oxygen atoms in total. The number of carbonyl (C=O) groups is 2. The molecule has 2 amide bonds. The Kier molecular flexibility index (Phi) is 5.91. The summed E-state index contributed by atoms with van der Waals surface area (Å²) in [5.41, 5.74) is 10.4. The maximum atomic E-state index is 13.1. The van der Waals surface area contributed by atoms with Crippen LogP contribution in [0, 0.1) is 6.92 Å². The van der Waals surface area contributed by atoms with Crippen LogP contribution in [0.1, 0.15) is 17.0 Å². The molecule has 0 bridgehead atoms. The van der Waals surface area contributed by atoms with E-state index in [0.29, 0.717) is 28.2 Å². The summed E-state index contributed by atoms with van der Waals surface area (Å²) in [5, 5.41) is 6.17. The fourth-order valence-corrected chi connectivity index (χ4v) is 3.67.